The summed E-state index contributed by atoms with van der Waals surface area (Å²) in [6, 6.07) is 49.7. The van der Waals surface area contributed by atoms with E-state index in [1.54, 1.807) is 12.5 Å². The molecule has 0 saturated carbocycles. The van der Waals surface area contributed by atoms with Crippen LogP contribution in [0.4, 0.5) is 5.69 Å². The van der Waals surface area contributed by atoms with Crippen LogP contribution in [0.3, 0.4) is 0 Å². The maximum atomic E-state index is 13.4. The van der Waals surface area contributed by atoms with Crippen LogP contribution < -0.4 is 4.90 Å². The minimum atomic E-state index is 0.0308. The number of nitrogens with one attached hydrogen (secondary N) is 1. The zero-order valence-electron chi connectivity index (χ0n) is 73.3. The van der Waals surface area contributed by atoms with Gasteiger partial charge in [-0.15, -0.1) is 0 Å². The van der Waals surface area contributed by atoms with Gasteiger partial charge in [-0.25, -0.2) is 43.0 Å². The number of H-pyrrole nitrogens is 1. The van der Waals surface area contributed by atoms with E-state index in [9.17, 15) is 19.2 Å². The van der Waals surface area contributed by atoms with Crippen molar-refractivity contribution in [3.05, 3.63) is 215 Å². The van der Waals surface area contributed by atoms with Gasteiger partial charge >= 0.3 is 0 Å². The highest BCUT2D eigenvalue weighted by Crippen LogP contribution is 2.35. The van der Waals surface area contributed by atoms with Crippen molar-refractivity contribution in [1.29, 1.82) is 0 Å². The van der Waals surface area contributed by atoms with Crippen molar-refractivity contribution < 1.29 is 19.2 Å². The van der Waals surface area contributed by atoms with E-state index in [1.807, 2.05) is 148 Å². The fourth-order valence-corrected chi connectivity index (χ4v) is 18.5. The molecule has 638 valence electrons. The molecular formula is C99H113N21O4. The van der Waals surface area contributed by atoms with Gasteiger partial charge in [0.25, 0.3) is 23.6 Å². The molecule has 4 saturated heterocycles. The zero-order valence-corrected chi connectivity index (χ0v) is 73.3. The summed E-state index contributed by atoms with van der Waals surface area (Å²) < 4.78 is 7.49. The number of fused-ring (bicyclic) bond motifs is 8. The Hall–Kier alpha value is -12.7. The van der Waals surface area contributed by atoms with Crippen LogP contribution in [0.2, 0.25) is 0 Å². The van der Waals surface area contributed by atoms with Gasteiger partial charge in [-0.1, -0.05) is 115 Å². The van der Waals surface area contributed by atoms with E-state index >= 15 is 0 Å². The van der Waals surface area contributed by atoms with Gasteiger partial charge in [0.15, 0.2) is 22.6 Å². The van der Waals surface area contributed by atoms with Crippen molar-refractivity contribution in [2.24, 2.45) is 0 Å². The van der Waals surface area contributed by atoms with Crippen LogP contribution in [0.25, 0.3) is 100 Å². The van der Waals surface area contributed by atoms with Crippen LogP contribution in [-0.2, 0) is 32.1 Å². The number of rotatable bonds is 12. The van der Waals surface area contributed by atoms with Gasteiger partial charge in [-0.3, -0.25) is 29.1 Å². The quantitative estimate of drug-likeness (QED) is 0.119. The van der Waals surface area contributed by atoms with Gasteiger partial charge in [-0.05, 0) is 209 Å². The van der Waals surface area contributed by atoms with E-state index in [-0.39, 0.29) is 47.8 Å². The summed E-state index contributed by atoms with van der Waals surface area (Å²) in [7, 11) is 2.14. The fourth-order valence-electron chi connectivity index (χ4n) is 18.5. The van der Waals surface area contributed by atoms with Gasteiger partial charge in [0, 0.05) is 162 Å². The lowest BCUT2D eigenvalue weighted by molar-refractivity contribution is 0.0684. The molecule has 1 N–H and O–H groups in total. The molecule has 0 spiro atoms. The Labute approximate surface area is 723 Å². The molecule has 15 aromatic rings. The van der Waals surface area contributed by atoms with Gasteiger partial charge in [0.05, 0.1) is 51.2 Å². The Kier molecular flexibility index (Phi) is 24.8. The second-order valence-corrected chi connectivity index (χ2v) is 34.4. The average molecular weight is 1660 g/mol. The number of benzene rings is 4. The molecule has 11 aromatic heterocycles. The lowest BCUT2D eigenvalue weighted by Gasteiger charge is -2.27. The Morgan fingerprint density at radius 1 is 0.371 bits per heavy atom. The van der Waals surface area contributed by atoms with Crippen LogP contribution in [-0.4, -0.2) is 185 Å². The monoisotopic (exact) mass is 1660 g/mol. The number of amides is 4. The molecule has 25 heteroatoms. The van der Waals surface area contributed by atoms with Crippen LogP contribution in [0.5, 0.6) is 0 Å². The van der Waals surface area contributed by atoms with Gasteiger partial charge in [0.2, 0.25) is 0 Å². The third-order valence-electron chi connectivity index (χ3n) is 25.8. The predicted octanol–water partition coefficient (Wildman–Crippen LogP) is 18.7. The number of carbonyl (C=O) groups excluding carboxylic acids is 4. The first-order chi connectivity index (χ1) is 60.3. The largest absolute Gasteiger partial charge is 0.374 e. The maximum absolute atomic E-state index is 13.4. The van der Waals surface area contributed by atoms with Crippen molar-refractivity contribution in [3.8, 4) is 45.0 Å². The summed E-state index contributed by atoms with van der Waals surface area (Å²) in [4.78, 5) is 98.9. The number of aromatic amines is 1. The number of carbonyl (C=O) groups is 4. The number of likely N-dealkylation sites (tertiary alicyclic amines) is 4. The molecule has 20 rings (SSSR count). The smallest absolute Gasteiger partial charge is 0.272 e. The molecule has 4 amide bonds. The first kappa shape index (κ1) is 83.6. The van der Waals surface area contributed by atoms with E-state index in [1.165, 1.54) is 62.6 Å². The number of hydrogen-bond acceptors (Lipinski definition) is 16. The first-order valence-electron chi connectivity index (χ1n) is 45.2. The zero-order chi connectivity index (χ0) is 85.8. The normalized spacial score (nSPS) is 17.7. The SMILES string of the molecule is CCc1cc(C(=O)N2CCCCCC2C)nc2cc(-c3ccc4c(c3)CCN4C)nn12.CCc1cc(C(=O)N2CCCCCC2C)nc2cc(-c3ccc4nc(C)ccc4c3)nn12.CCc1cc(C(=O)N2CCCCCC2C)nc2cc(-c3ccc4nc[nH]c4c3)nn12.CCc1cc(C(=O)N2CCCCCC2C)nc2cc(-c3ccc4ncccc4c3)nn12. The molecule has 4 fully saturated rings. The van der Waals surface area contributed by atoms with E-state index in [4.69, 9.17) is 40.3 Å². The third kappa shape index (κ3) is 17.6. The minimum Gasteiger partial charge on any atom is -0.374 e. The summed E-state index contributed by atoms with van der Waals surface area (Å²) in [5.74, 6) is 0.149. The molecule has 4 aromatic carbocycles. The summed E-state index contributed by atoms with van der Waals surface area (Å²) in [5.41, 5.74) is 24.1. The number of aryl methyl sites for hydroxylation is 5. The van der Waals surface area contributed by atoms with Gasteiger partial charge in [0.1, 0.15) is 22.8 Å². The highest BCUT2D eigenvalue weighted by molar-refractivity contribution is 5.96. The van der Waals surface area contributed by atoms with Crippen LogP contribution in [0.15, 0.2) is 158 Å². The Bertz CT molecular complexity index is 6470. The Morgan fingerprint density at radius 3 is 1.15 bits per heavy atom. The second-order valence-electron chi connectivity index (χ2n) is 34.4. The number of likely N-dealkylation sites (N-methyl/N-ethyl adjacent to an activating group) is 1. The van der Waals surface area contributed by atoms with Crippen LogP contribution >= 0.6 is 0 Å². The molecule has 0 aliphatic carbocycles. The van der Waals surface area contributed by atoms with Crippen molar-refractivity contribution >= 4 is 84.7 Å². The summed E-state index contributed by atoms with van der Waals surface area (Å²) in [5, 5.41) is 21.4. The highest BCUT2D eigenvalue weighted by Gasteiger charge is 2.31. The molecule has 0 radical (unpaired) electrons. The molecule has 16 heterocycles. The number of nitrogens with zero attached hydrogens (tertiary/aromatic N) is 20. The van der Waals surface area contributed by atoms with Crippen molar-refractivity contribution in [3.63, 3.8) is 0 Å². The van der Waals surface area contributed by atoms with E-state index in [2.05, 4.69) is 130 Å². The molecule has 0 bridgehead atoms. The number of aromatic nitrogens is 16. The standard InChI is InChI=1S/C26H29N5O.C25H31N5O.C25H27N5O.C23H26N6O/c1-4-21-15-24(26(32)30-13-7-5-6-8-18(30)3)28-25-16-23(29-31(21)25)20-11-12-22-19(14-20)10-9-17(2)27-22;1-4-20-15-22(25(31)29-12-7-5-6-8-17(29)2)26-24-16-21(27-30(20)24)18-9-10-23-19(14-18)11-13-28(23)3;1-3-20-15-23(25(31)29-13-6-4-5-8-17(29)2)27-24-16-22(28-30(20)24)19-10-11-21-18(14-19)9-7-12-26-21;1-3-17-12-21(23(30)28-10-6-4-5-7-15(28)2)26-22-13-19(27-29(17)22)16-8-9-18-20(11-16)25-14-24-18/h9-12,14-16,18H,4-8,13H2,1-3H3;9-10,14-17H,4-8,11-13H2,1-3H3;7,9-12,14-17H,3-6,8,13H2,1-2H3;8-9,11-15H,3-7,10H2,1-2H3,(H,24,25). The van der Waals surface area contributed by atoms with E-state index in [0.717, 1.165) is 228 Å². The third-order valence-corrected chi connectivity index (χ3v) is 25.8. The van der Waals surface area contributed by atoms with Crippen molar-refractivity contribution in [2.75, 3.05) is 44.7 Å². The Morgan fingerprint density at radius 2 is 0.742 bits per heavy atom. The minimum absolute atomic E-state index is 0.0308. The van der Waals surface area contributed by atoms with E-state index < -0.39 is 0 Å². The second kappa shape index (κ2) is 36.8. The molecule has 4 atom stereocenters. The van der Waals surface area contributed by atoms with Gasteiger partial charge in [-0.2, -0.15) is 20.4 Å². The number of anilines is 1. The van der Waals surface area contributed by atoms with Gasteiger partial charge < -0.3 is 29.5 Å². The number of hydrogen-bond donors (Lipinski definition) is 1. The molecule has 124 heavy (non-hydrogen) atoms. The van der Waals surface area contributed by atoms with Crippen molar-refractivity contribution in [1.82, 2.24) is 97.9 Å². The van der Waals surface area contributed by atoms with Crippen LogP contribution in [0, 0.1) is 6.92 Å². The molecule has 25 nitrogen and oxygen atoms in total. The highest BCUT2D eigenvalue weighted by atomic mass is 16.2. The topological polar surface area (TPSA) is 260 Å². The lowest BCUT2D eigenvalue weighted by Crippen LogP contribution is -2.38. The fraction of sp³-hybridized carbons (Fsp3) is 0.404. The summed E-state index contributed by atoms with van der Waals surface area (Å²) >= 11 is 0. The predicted molar refractivity (Wildman–Crippen MR) is 489 cm³/mol. The lowest BCUT2D eigenvalue weighted by atomic mass is 10.1. The maximum Gasteiger partial charge on any atom is 0.272 e. The molecule has 5 aliphatic heterocycles. The summed E-state index contributed by atoms with van der Waals surface area (Å²) in [6.45, 7) is 23.3. The summed E-state index contributed by atoms with van der Waals surface area (Å²) in [6.07, 6.45) is 25.7. The average Bonchev–Trinajstić information content (AvgIpc) is 1.66. The molecule has 4 unspecified atom stereocenters. The Balaban J connectivity index is 0.000000117. The van der Waals surface area contributed by atoms with E-state index in [0.29, 0.717) is 39.7 Å². The molecular weight excluding hydrogens is 1550 g/mol. The first-order valence-corrected chi connectivity index (χ1v) is 45.2. The van der Waals surface area contributed by atoms with Crippen molar-refractivity contribution in [2.45, 2.75) is 221 Å². The molecule has 5 aliphatic rings. The van der Waals surface area contributed by atoms with Crippen LogP contribution in [0.1, 0.15) is 234 Å². The number of pyridine rings is 2. The number of imidazole rings is 1.